The summed E-state index contributed by atoms with van der Waals surface area (Å²) in [6.45, 7) is 2.55. The van der Waals surface area contributed by atoms with E-state index in [9.17, 15) is 9.59 Å². The molecule has 0 radical (unpaired) electrons. The van der Waals surface area contributed by atoms with Crippen LogP contribution >= 0.6 is 11.6 Å². The van der Waals surface area contributed by atoms with Crippen LogP contribution in [0.2, 0.25) is 5.15 Å². The number of ether oxygens (including phenoxy) is 1. The maximum Gasteiger partial charge on any atom is 0.311 e. The Morgan fingerprint density at radius 2 is 1.96 bits per heavy atom. The lowest BCUT2D eigenvalue weighted by Gasteiger charge is -2.17. The number of halogens is 1. The number of pyridine rings is 1. The summed E-state index contributed by atoms with van der Waals surface area (Å²) in [5.74, 6) is -0.867. The highest BCUT2D eigenvalue weighted by Crippen LogP contribution is 2.26. The van der Waals surface area contributed by atoms with E-state index in [2.05, 4.69) is 11.9 Å². The molecule has 1 amide bonds. The molecule has 1 fully saturated rings. The van der Waals surface area contributed by atoms with Gasteiger partial charge in [0.2, 0.25) is 5.91 Å². The van der Waals surface area contributed by atoms with E-state index < -0.39 is 5.92 Å². The van der Waals surface area contributed by atoms with Crippen LogP contribution in [0.15, 0.2) is 42.6 Å². The first kappa shape index (κ1) is 17.4. The average Bonchev–Trinajstić information content (AvgIpc) is 3.03. The number of carbonyl (C=O) groups is 2. The van der Waals surface area contributed by atoms with E-state index in [4.69, 9.17) is 16.3 Å². The number of amides is 1. The third-order valence-electron chi connectivity index (χ3n) is 4.28. The Labute approximate surface area is 151 Å². The van der Waals surface area contributed by atoms with Gasteiger partial charge in [-0.25, -0.2) is 4.98 Å². The molecule has 0 bridgehead atoms. The normalized spacial score (nSPS) is 17.0. The number of nitrogens with zero attached hydrogens (tertiary/aromatic N) is 2. The monoisotopic (exact) mass is 358 g/mol. The van der Waals surface area contributed by atoms with Crippen LogP contribution < -0.4 is 4.90 Å². The van der Waals surface area contributed by atoms with E-state index in [0.717, 1.165) is 17.7 Å². The molecule has 1 aliphatic heterocycles. The molecule has 2 heterocycles. The van der Waals surface area contributed by atoms with Crippen LogP contribution in [0, 0.1) is 5.92 Å². The molecule has 6 heteroatoms. The number of benzene rings is 1. The smallest absolute Gasteiger partial charge is 0.311 e. The Kier molecular flexibility index (Phi) is 5.34. The first-order chi connectivity index (χ1) is 12.1. The van der Waals surface area contributed by atoms with Crippen LogP contribution in [0.1, 0.15) is 24.5 Å². The second-order valence-electron chi connectivity index (χ2n) is 6.02. The van der Waals surface area contributed by atoms with Gasteiger partial charge in [-0.05, 0) is 30.2 Å². The van der Waals surface area contributed by atoms with E-state index in [1.54, 1.807) is 23.2 Å². The second kappa shape index (κ2) is 7.66. The quantitative estimate of drug-likeness (QED) is 0.607. The van der Waals surface area contributed by atoms with Crippen LogP contribution in [0.25, 0.3) is 0 Å². The lowest BCUT2D eigenvalue weighted by atomic mass is 10.1. The molecule has 3 rings (SSSR count). The Morgan fingerprint density at radius 3 is 2.60 bits per heavy atom. The van der Waals surface area contributed by atoms with Crippen LogP contribution in [0.3, 0.4) is 0 Å². The van der Waals surface area contributed by atoms with Gasteiger partial charge in [0.1, 0.15) is 11.8 Å². The first-order valence-corrected chi connectivity index (χ1v) is 8.61. The van der Waals surface area contributed by atoms with Gasteiger partial charge in [-0.2, -0.15) is 0 Å². The summed E-state index contributed by atoms with van der Waals surface area (Å²) in [7, 11) is 0. The zero-order valence-electron chi connectivity index (χ0n) is 13.9. The molecular formula is C19H19ClN2O3. The minimum absolute atomic E-state index is 0.0561. The van der Waals surface area contributed by atoms with Gasteiger partial charge >= 0.3 is 5.97 Å². The van der Waals surface area contributed by atoms with Crippen molar-refractivity contribution in [1.29, 1.82) is 0 Å². The van der Waals surface area contributed by atoms with Crippen LogP contribution in [-0.4, -0.2) is 23.4 Å². The van der Waals surface area contributed by atoms with E-state index in [0.29, 0.717) is 11.7 Å². The molecule has 130 valence electrons. The number of aromatic nitrogens is 1. The SMILES string of the molecule is CCc1ccc(N2C[C@H](C(=O)OCc3ccc(Cl)nc3)CC2=O)cc1. The lowest BCUT2D eigenvalue weighted by Crippen LogP contribution is -2.26. The molecule has 0 saturated carbocycles. The number of aryl methyl sites for hydroxylation is 1. The van der Waals surface area contributed by atoms with Gasteiger partial charge in [0.15, 0.2) is 0 Å². The maximum absolute atomic E-state index is 12.3. The second-order valence-corrected chi connectivity index (χ2v) is 6.41. The van der Waals surface area contributed by atoms with Crippen LogP contribution in [0.5, 0.6) is 0 Å². The number of hydrogen-bond donors (Lipinski definition) is 0. The highest BCUT2D eigenvalue weighted by atomic mass is 35.5. The number of hydrogen-bond acceptors (Lipinski definition) is 4. The minimum Gasteiger partial charge on any atom is -0.460 e. The molecule has 0 aliphatic carbocycles. The summed E-state index contributed by atoms with van der Waals surface area (Å²) in [6.07, 6.45) is 2.69. The zero-order chi connectivity index (χ0) is 17.8. The molecule has 0 spiro atoms. The van der Waals surface area contributed by atoms with Crippen LogP contribution in [0.4, 0.5) is 5.69 Å². The van der Waals surface area contributed by atoms with Crippen molar-refractivity contribution in [1.82, 2.24) is 4.98 Å². The maximum atomic E-state index is 12.3. The van der Waals surface area contributed by atoms with Crippen molar-refractivity contribution in [3.05, 3.63) is 58.9 Å². The fourth-order valence-electron chi connectivity index (χ4n) is 2.79. The minimum atomic E-state index is -0.446. The Morgan fingerprint density at radius 1 is 1.24 bits per heavy atom. The zero-order valence-corrected chi connectivity index (χ0v) is 14.7. The number of anilines is 1. The summed E-state index contributed by atoms with van der Waals surface area (Å²) in [5.41, 5.74) is 2.79. The Hall–Kier alpha value is -2.40. The van der Waals surface area contributed by atoms with Crippen molar-refractivity contribution in [3.63, 3.8) is 0 Å². The molecule has 1 aliphatic rings. The van der Waals surface area contributed by atoms with E-state index in [1.807, 2.05) is 24.3 Å². The van der Waals surface area contributed by atoms with E-state index in [-0.39, 0.29) is 24.9 Å². The van der Waals surface area contributed by atoms with E-state index in [1.165, 1.54) is 5.56 Å². The van der Waals surface area contributed by atoms with Crippen molar-refractivity contribution in [2.45, 2.75) is 26.4 Å². The number of carbonyl (C=O) groups excluding carboxylic acids is 2. The molecule has 0 unspecified atom stereocenters. The van der Waals surface area contributed by atoms with Crippen molar-refractivity contribution < 1.29 is 14.3 Å². The van der Waals surface area contributed by atoms with Gasteiger partial charge in [-0.3, -0.25) is 9.59 Å². The summed E-state index contributed by atoms with van der Waals surface area (Å²) in [6, 6.07) is 11.2. The van der Waals surface area contributed by atoms with Gasteiger partial charge < -0.3 is 9.64 Å². The summed E-state index contributed by atoms with van der Waals surface area (Å²) >= 11 is 5.73. The first-order valence-electron chi connectivity index (χ1n) is 8.23. The third kappa shape index (κ3) is 4.17. The third-order valence-corrected chi connectivity index (χ3v) is 4.51. The molecule has 1 atom stereocenters. The molecule has 1 aromatic carbocycles. The van der Waals surface area contributed by atoms with Crippen molar-refractivity contribution in [2.24, 2.45) is 5.92 Å². The van der Waals surface area contributed by atoms with Gasteiger partial charge in [0.05, 0.1) is 5.92 Å². The van der Waals surface area contributed by atoms with E-state index >= 15 is 0 Å². The van der Waals surface area contributed by atoms with Gasteiger partial charge in [-0.15, -0.1) is 0 Å². The summed E-state index contributed by atoms with van der Waals surface area (Å²) in [5, 5.41) is 0.390. The molecule has 1 saturated heterocycles. The molecule has 25 heavy (non-hydrogen) atoms. The molecule has 2 aromatic rings. The summed E-state index contributed by atoms with van der Waals surface area (Å²) in [4.78, 5) is 30.1. The Balaban J connectivity index is 1.59. The summed E-state index contributed by atoms with van der Waals surface area (Å²) < 4.78 is 5.32. The van der Waals surface area contributed by atoms with Gasteiger partial charge in [-0.1, -0.05) is 36.7 Å². The highest BCUT2D eigenvalue weighted by molar-refractivity contribution is 6.29. The fourth-order valence-corrected chi connectivity index (χ4v) is 2.90. The van der Waals surface area contributed by atoms with Crippen molar-refractivity contribution >= 4 is 29.2 Å². The molecule has 5 nitrogen and oxygen atoms in total. The lowest BCUT2D eigenvalue weighted by molar-refractivity contribution is -0.149. The van der Waals surface area contributed by atoms with Gasteiger partial charge in [0, 0.05) is 30.4 Å². The fraction of sp³-hybridized carbons (Fsp3) is 0.316. The standard InChI is InChI=1S/C19H19ClN2O3/c1-2-13-3-6-16(7-4-13)22-11-15(9-18(22)23)19(24)25-12-14-5-8-17(20)21-10-14/h3-8,10,15H,2,9,11-12H2,1H3/t15-/m1/s1. The topological polar surface area (TPSA) is 59.5 Å². The molecule has 1 aromatic heterocycles. The predicted molar refractivity (Wildman–Crippen MR) is 95.3 cm³/mol. The average molecular weight is 359 g/mol. The molecular weight excluding hydrogens is 340 g/mol. The number of esters is 1. The largest absolute Gasteiger partial charge is 0.460 e. The molecule has 0 N–H and O–H groups in total. The van der Waals surface area contributed by atoms with Crippen molar-refractivity contribution in [3.8, 4) is 0 Å². The van der Waals surface area contributed by atoms with Gasteiger partial charge in [0.25, 0.3) is 0 Å². The highest BCUT2D eigenvalue weighted by Gasteiger charge is 2.36. The number of rotatable bonds is 5. The van der Waals surface area contributed by atoms with Crippen molar-refractivity contribution in [2.75, 3.05) is 11.4 Å². The van der Waals surface area contributed by atoms with Crippen LogP contribution in [-0.2, 0) is 27.4 Å². The predicted octanol–water partition coefficient (Wildman–Crippen LogP) is 3.39. The Bertz CT molecular complexity index is 759.